The Kier molecular flexibility index (Phi) is 5.33. The van der Waals surface area contributed by atoms with Gasteiger partial charge in [-0.05, 0) is 31.9 Å². The molecule has 5 nitrogen and oxygen atoms in total. The first kappa shape index (κ1) is 16.1. The van der Waals surface area contributed by atoms with Crippen LogP contribution in [0.4, 0.5) is 0 Å². The van der Waals surface area contributed by atoms with Gasteiger partial charge in [-0.25, -0.2) is 0 Å². The molecular weight excluding hydrogens is 308 g/mol. The average Bonchev–Trinajstić information content (AvgIpc) is 2.79. The van der Waals surface area contributed by atoms with E-state index in [9.17, 15) is 4.79 Å². The Labute approximate surface area is 140 Å². The number of aromatic nitrogens is 3. The Balaban J connectivity index is 1.49. The maximum atomic E-state index is 12.0. The third-order valence-electron chi connectivity index (χ3n) is 4.02. The second-order valence-electron chi connectivity index (χ2n) is 5.87. The molecule has 0 saturated carbocycles. The summed E-state index contributed by atoms with van der Waals surface area (Å²) in [5, 5.41) is 11.4. The lowest BCUT2D eigenvalue weighted by atomic mass is 10.2. The smallest absolute Gasteiger partial charge is 0.230 e. The summed E-state index contributed by atoms with van der Waals surface area (Å²) in [4.78, 5) is 13.1. The van der Waals surface area contributed by atoms with Gasteiger partial charge >= 0.3 is 0 Å². The first-order valence-corrected chi connectivity index (χ1v) is 9.08. The zero-order valence-corrected chi connectivity index (χ0v) is 14.2. The molecule has 6 heteroatoms. The van der Waals surface area contributed by atoms with Crippen LogP contribution in [0.1, 0.15) is 36.5 Å². The third-order valence-corrected chi connectivity index (χ3v) is 5.03. The van der Waals surface area contributed by atoms with Crippen molar-refractivity contribution in [1.82, 2.24) is 20.1 Å². The topological polar surface area (TPSA) is 59.8 Å². The summed E-state index contributed by atoms with van der Waals surface area (Å²) in [6.45, 7) is 3.48. The first-order chi connectivity index (χ1) is 11.2. The van der Waals surface area contributed by atoms with E-state index in [1.165, 1.54) is 18.4 Å². The molecule has 1 aromatic carbocycles. The van der Waals surface area contributed by atoms with Gasteiger partial charge in [0.1, 0.15) is 5.82 Å². The van der Waals surface area contributed by atoms with Crippen LogP contribution in [0.15, 0.2) is 29.2 Å². The SMILES string of the molecule is Cc1ccc(SCC(=O)NCc2nnc3n2CCCCC3)cc1. The van der Waals surface area contributed by atoms with Crippen molar-refractivity contribution in [3.8, 4) is 0 Å². The van der Waals surface area contributed by atoms with Crippen LogP contribution in [-0.4, -0.2) is 26.4 Å². The Bertz CT molecular complexity index is 666. The molecule has 0 atom stereocenters. The number of nitrogens with one attached hydrogen (secondary N) is 1. The van der Waals surface area contributed by atoms with Crippen molar-refractivity contribution < 1.29 is 4.79 Å². The van der Waals surface area contributed by atoms with Gasteiger partial charge in [0.05, 0.1) is 12.3 Å². The number of aryl methyl sites for hydroxylation is 2. The van der Waals surface area contributed by atoms with Crippen molar-refractivity contribution >= 4 is 17.7 Å². The molecule has 0 spiro atoms. The summed E-state index contributed by atoms with van der Waals surface area (Å²) in [6.07, 6.45) is 4.57. The highest BCUT2D eigenvalue weighted by atomic mass is 32.2. The fourth-order valence-corrected chi connectivity index (χ4v) is 3.42. The van der Waals surface area contributed by atoms with Crippen LogP contribution >= 0.6 is 11.8 Å². The monoisotopic (exact) mass is 330 g/mol. The fourth-order valence-electron chi connectivity index (χ4n) is 2.69. The van der Waals surface area contributed by atoms with E-state index in [0.29, 0.717) is 12.3 Å². The zero-order valence-electron chi connectivity index (χ0n) is 13.4. The molecule has 2 heterocycles. The molecule has 23 heavy (non-hydrogen) atoms. The van der Waals surface area contributed by atoms with Crippen LogP contribution in [0, 0.1) is 6.92 Å². The highest BCUT2D eigenvalue weighted by Crippen LogP contribution is 2.18. The molecule has 1 amide bonds. The number of benzene rings is 1. The number of nitrogens with zero attached hydrogens (tertiary/aromatic N) is 3. The maximum absolute atomic E-state index is 12.0. The van der Waals surface area contributed by atoms with E-state index in [1.54, 1.807) is 11.8 Å². The van der Waals surface area contributed by atoms with E-state index >= 15 is 0 Å². The Morgan fingerprint density at radius 2 is 2.04 bits per heavy atom. The van der Waals surface area contributed by atoms with E-state index in [4.69, 9.17) is 0 Å². The van der Waals surface area contributed by atoms with Crippen LogP contribution < -0.4 is 5.32 Å². The van der Waals surface area contributed by atoms with Crippen LogP contribution in [0.3, 0.4) is 0 Å². The first-order valence-electron chi connectivity index (χ1n) is 8.09. The number of carbonyl (C=O) groups excluding carboxylic acids is 1. The van der Waals surface area contributed by atoms with E-state index < -0.39 is 0 Å². The van der Waals surface area contributed by atoms with Crippen molar-refractivity contribution in [3.05, 3.63) is 41.5 Å². The molecule has 0 aliphatic carbocycles. The Morgan fingerprint density at radius 3 is 2.87 bits per heavy atom. The van der Waals surface area contributed by atoms with E-state index in [0.717, 1.165) is 35.9 Å². The van der Waals surface area contributed by atoms with Crippen molar-refractivity contribution in [2.45, 2.75) is 50.6 Å². The van der Waals surface area contributed by atoms with Gasteiger partial charge in [0.2, 0.25) is 5.91 Å². The zero-order chi connectivity index (χ0) is 16.1. The second kappa shape index (κ2) is 7.64. The summed E-state index contributed by atoms with van der Waals surface area (Å²) >= 11 is 1.55. The number of amides is 1. The standard InChI is InChI=1S/C17H22N4OS/c1-13-6-8-14(9-7-13)23-12-17(22)18-11-16-20-19-15-5-3-2-4-10-21(15)16/h6-9H,2-5,10-12H2,1H3,(H,18,22). The summed E-state index contributed by atoms with van der Waals surface area (Å²) in [5.74, 6) is 2.38. The Morgan fingerprint density at radius 1 is 1.22 bits per heavy atom. The minimum atomic E-state index is 0.0292. The molecule has 0 radical (unpaired) electrons. The molecule has 1 aliphatic rings. The number of hydrogen-bond acceptors (Lipinski definition) is 4. The van der Waals surface area contributed by atoms with Gasteiger partial charge in [-0.15, -0.1) is 22.0 Å². The average molecular weight is 330 g/mol. The number of thioether (sulfide) groups is 1. The van der Waals surface area contributed by atoms with Crippen molar-refractivity contribution in [2.75, 3.05) is 5.75 Å². The molecule has 1 aromatic heterocycles. The number of rotatable bonds is 5. The molecule has 0 fully saturated rings. The van der Waals surface area contributed by atoms with Crippen molar-refractivity contribution in [3.63, 3.8) is 0 Å². The number of fused-ring (bicyclic) bond motifs is 1. The lowest BCUT2D eigenvalue weighted by Crippen LogP contribution is -2.26. The van der Waals surface area contributed by atoms with Crippen LogP contribution in [0.25, 0.3) is 0 Å². The fraction of sp³-hybridized carbons (Fsp3) is 0.471. The van der Waals surface area contributed by atoms with E-state index in [1.807, 2.05) is 12.1 Å². The second-order valence-corrected chi connectivity index (χ2v) is 6.92. The van der Waals surface area contributed by atoms with E-state index in [2.05, 4.69) is 39.1 Å². The van der Waals surface area contributed by atoms with Gasteiger partial charge in [0.25, 0.3) is 0 Å². The number of carbonyl (C=O) groups is 1. The normalized spacial score (nSPS) is 14.1. The van der Waals surface area contributed by atoms with E-state index in [-0.39, 0.29) is 5.91 Å². The molecule has 0 saturated heterocycles. The summed E-state index contributed by atoms with van der Waals surface area (Å²) in [5.41, 5.74) is 1.23. The molecule has 0 unspecified atom stereocenters. The third kappa shape index (κ3) is 4.34. The lowest BCUT2D eigenvalue weighted by molar-refractivity contribution is -0.118. The van der Waals surface area contributed by atoms with Crippen molar-refractivity contribution in [1.29, 1.82) is 0 Å². The minimum Gasteiger partial charge on any atom is -0.348 e. The largest absolute Gasteiger partial charge is 0.348 e. The molecule has 122 valence electrons. The van der Waals surface area contributed by atoms with Gasteiger partial charge in [-0.2, -0.15) is 0 Å². The summed E-state index contributed by atoms with van der Waals surface area (Å²) in [7, 11) is 0. The van der Waals surface area contributed by atoms with Gasteiger partial charge in [-0.1, -0.05) is 24.1 Å². The van der Waals surface area contributed by atoms with Gasteiger partial charge in [-0.3, -0.25) is 4.79 Å². The van der Waals surface area contributed by atoms with Crippen LogP contribution in [0.5, 0.6) is 0 Å². The van der Waals surface area contributed by atoms with Gasteiger partial charge in [0.15, 0.2) is 5.82 Å². The molecule has 0 bridgehead atoms. The Hall–Kier alpha value is -1.82. The summed E-state index contributed by atoms with van der Waals surface area (Å²) in [6, 6.07) is 8.22. The molecule has 1 N–H and O–H groups in total. The van der Waals surface area contributed by atoms with Crippen LogP contribution in [-0.2, 0) is 24.3 Å². The van der Waals surface area contributed by atoms with Gasteiger partial charge < -0.3 is 9.88 Å². The molecule has 2 aromatic rings. The lowest BCUT2D eigenvalue weighted by Gasteiger charge is -2.08. The van der Waals surface area contributed by atoms with Crippen LogP contribution in [0.2, 0.25) is 0 Å². The highest BCUT2D eigenvalue weighted by Gasteiger charge is 2.15. The predicted molar refractivity (Wildman–Crippen MR) is 91.3 cm³/mol. The summed E-state index contributed by atoms with van der Waals surface area (Å²) < 4.78 is 2.17. The minimum absolute atomic E-state index is 0.0292. The van der Waals surface area contributed by atoms with Gasteiger partial charge in [0, 0.05) is 17.9 Å². The molecular formula is C17H22N4OS. The molecule has 1 aliphatic heterocycles. The number of hydrogen-bond donors (Lipinski definition) is 1. The predicted octanol–water partition coefficient (Wildman–Crippen LogP) is 2.72. The van der Waals surface area contributed by atoms with Crippen molar-refractivity contribution in [2.24, 2.45) is 0 Å². The highest BCUT2D eigenvalue weighted by molar-refractivity contribution is 8.00. The quantitative estimate of drug-likeness (QED) is 0.856. The molecule has 3 rings (SSSR count). The maximum Gasteiger partial charge on any atom is 0.230 e.